The van der Waals surface area contributed by atoms with Crippen LogP contribution in [-0.2, 0) is 7.05 Å². The quantitative estimate of drug-likeness (QED) is 0.671. The summed E-state index contributed by atoms with van der Waals surface area (Å²) in [6, 6.07) is 9.75. The lowest BCUT2D eigenvalue weighted by atomic mass is 10.1. The van der Waals surface area contributed by atoms with E-state index in [1.165, 1.54) is 0 Å². The fraction of sp³-hybridized carbons (Fsp3) is 0.0909. The van der Waals surface area contributed by atoms with E-state index in [-0.39, 0.29) is 0 Å². The molecule has 0 aliphatic heterocycles. The molecule has 0 radical (unpaired) electrons. The van der Waals surface area contributed by atoms with Crippen molar-refractivity contribution in [3.05, 3.63) is 42.2 Å². The Morgan fingerprint density at radius 1 is 1.29 bits per heavy atom. The van der Waals surface area contributed by atoms with Gasteiger partial charge in [-0.05, 0) is 5.56 Å². The number of carbonyl (C=O) groups is 1. The number of aldehydes is 1. The Hall–Kier alpha value is -1.90. The van der Waals surface area contributed by atoms with E-state index < -0.39 is 0 Å². The van der Waals surface area contributed by atoms with Crippen LogP contribution in [0.1, 0.15) is 10.5 Å². The first kappa shape index (κ1) is 8.69. The van der Waals surface area contributed by atoms with Gasteiger partial charge in [0.25, 0.3) is 0 Å². The predicted octanol–water partition coefficient (Wildman–Crippen LogP) is 1.90. The Balaban J connectivity index is 2.56. The zero-order valence-electron chi connectivity index (χ0n) is 7.84. The van der Waals surface area contributed by atoms with Gasteiger partial charge in [-0.1, -0.05) is 30.3 Å². The van der Waals surface area contributed by atoms with Gasteiger partial charge in [0.1, 0.15) is 5.69 Å². The van der Waals surface area contributed by atoms with Gasteiger partial charge in [0, 0.05) is 18.8 Å². The molecule has 1 heterocycles. The number of aryl methyl sites for hydroxylation is 1. The van der Waals surface area contributed by atoms with Crippen LogP contribution in [0.3, 0.4) is 0 Å². The smallest absolute Gasteiger partial charge is 0.170 e. The average molecular weight is 186 g/mol. The molecule has 0 saturated heterocycles. The predicted molar refractivity (Wildman–Crippen MR) is 54.0 cm³/mol. The summed E-state index contributed by atoms with van der Waals surface area (Å²) >= 11 is 0. The topological polar surface area (TPSA) is 34.9 Å². The van der Waals surface area contributed by atoms with E-state index in [0.717, 1.165) is 17.4 Å². The second-order valence-corrected chi connectivity index (χ2v) is 3.09. The van der Waals surface area contributed by atoms with Crippen LogP contribution in [0, 0.1) is 0 Å². The highest BCUT2D eigenvalue weighted by molar-refractivity contribution is 5.84. The molecule has 2 aromatic rings. The Morgan fingerprint density at radius 3 is 2.64 bits per heavy atom. The van der Waals surface area contributed by atoms with Crippen molar-refractivity contribution in [2.45, 2.75) is 0 Å². The van der Waals surface area contributed by atoms with E-state index in [4.69, 9.17) is 0 Å². The fourth-order valence-electron chi connectivity index (χ4n) is 1.43. The number of rotatable bonds is 2. The van der Waals surface area contributed by atoms with E-state index in [0.29, 0.717) is 5.69 Å². The van der Waals surface area contributed by atoms with Gasteiger partial charge in [-0.3, -0.25) is 9.48 Å². The Bertz CT molecular complexity index is 446. The number of hydrogen-bond donors (Lipinski definition) is 0. The number of nitrogens with zero attached hydrogens (tertiary/aromatic N) is 2. The van der Waals surface area contributed by atoms with Crippen molar-refractivity contribution >= 4 is 6.29 Å². The van der Waals surface area contributed by atoms with Crippen LogP contribution in [-0.4, -0.2) is 16.1 Å². The molecule has 0 aliphatic rings. The molecule has 0 amide bonds. The Kier molecular flexibility index (Phi) is 2.14. The highest BCUT2D eigenvalue weighted by Gasteiger charge is 2.07. The fourth-order valence-corrected chi connectivity index (χ4v) is 1.43. The monoisotopic (exact) mass is 186 g/mol. The van der Waals surface area contributed by atoms with Crippen molar-refractivity contribution in [2.24, 2.45) is 7.05 Å². The van der Waals surface area contributed by atoms with Crippen LogP contribution >= 0.6 is 0 Å². The molecule has 1 aromatic carbocycles. The van der Waals surface area contributed by atoms with Gasteiger partial charge in [0.05, 0.1) is 0 Å². The van der Waals surface area contributed by atoms with Crippen LogP contribution in [0.5, 0.6) is 0 Å². The lowest BCUT2D eigenvalue weighted by molar-refractivity contribution is 0.111. The van der Waals surface area contributed by atoms with Gasteiger partial charge in [0.15, 0.2) is 6.29 Å². The van der Waals surface area contributed by atoms with Crippen molar-refractivity contribution in [1.29, 1.82) is 0 Å². The third kappa shape index (κ3) is 1.44. The molecule has 3 nitrogen and oxygen atoms in total. The SMILES string of the molecule is Cn1cc(-c2ccccc2)c(C=O)n1. The molecule has 3 heteroatoms. The van der Waals surface area contributed by atoms with Crippen LogP contribution in [0.25, 0.3) is 11.1 Å². The van der Waals surface area contributed by atoms with E-state index in [9.17, 15) is 4.79 Å². The number of aromatic nitrogens is 2. The van der Waals surface area contributed by atoms with Gasteiger partial charge in [-0.25, -0.2) is 0 Å². The minimum Gasteiger partial charge on any atom is -0.296 e. The minimum absolute atomic E-state index is 0.485. The van der Waals surface area contributed by atoms with Gasteiger partial charge >= 0.3 is 0 Å². The molecular formula is C11H10N2O. The van der Waals surface area contributed by atoms with Crippen LogP contribution in [0.15, 0.2) is 36.5 Å². The van der Waals surface area contributed by atoms with E-state index in [1.54, 1.807) is 11.7 Å². The summed E-state index contributed by atoms with van der Waals surface area (Å²) in [7, 11) is 1.80. The van der Waals surface area contributed by atoms with E-state index in [1.807, 2.05) is 36.5 Å². The van der Waals surface area contributed by atoms with Gasteiger partial charge in [0.2, 0.25) is 0 Å². The van der Waals surface area contributed by atoms with E-state index >= 15 is 0 Å². The van der Waals surface area contributed by atoms with Gasteiger partial charge in [-0.2, -0.15) is 5.10 Å². The summed E-state index contributed by atoms with van der Waals surface area (Å²) in [6.45, 7) is 0. The minimum atomic E-state index is 0.485. The van der Waals surface area contributed by atoms with Crippen LogP contribution in [0.2, 0.25) is 0 Å². The molecule has 70 valence electrons. The molecule has 0 saturated carbocycles. The summed E-state index contributed by atoms with van der Waals surface area (Å²) in [4.78, 5) is 10.7. The molecule has 0 atom stereocenters. The Labute approximate surface area is 82.0 Å². The summed E-state index contributed by atoms with van der Waals surface area (Å²) in [6.07, 6.45) is 2.63. The highest BCUT2D eigenvalue weighted by Crippen LogP contribution is 2.20. The molecule has 14 heavy (non-hydrogen) atoms. The third-order valence-corrected chi connectivity index (χ3v) is 2.05. The molecular weight excluding hydrogens is 176 g/mol. The standard InChI is InChI=1S/C11H10N2O/c1-13-7-10(11(8-14)12-13)9-5-3-2-4-6-9/h2-8H,1H3. The second kappa shape index (κ2) is 3.46. The van der Waals surface area contributed by atoms with Gasteiger partial charge in [-0.15, -0.1) is 0 Å². The second-order valence-electron chi connectivity index (χ2n) is 3.09. The molecule has 0 unspecified atom stereocenters. The van der Waals surface area contributed by atoms with Gasteiger partial charge < -0.3 is 0 Å². The number of hydrogen-bond acceptors (Lipinski definition) is 2. The molecule has 0 fully saturated rings. The zero-order valence-corrected chi connectivity index (χ0v) is 7.84. The van der Waals surface area contributed by atoms with Crippen molar-refractivity contribution in [2.75, 3.05) is 0 Å². The maximum atomic E-state index is 10.7. The van der Waals surface area contributed by atoms with Crippen molar-refractivity contribution in [3.63, 3.8) is 0 Å². The summed E-state index contributed by atoms with van der Waals surface area (Å²) in [5.41, 5.74) is 2.38. The first-order chi connectivity index (χ1) is 6.81. The normalized spacial score (nSPS) is 10.1. The lowest BCUT2D eigenvalue weighted by Crippen LogP contribution is -1.88. The van der Waals surface area contributed by atoms with Crippen molar-refractivity contribution in [1.82, 2.24) is 9.78 Å². The summed E-state index contributed by atoms with van der Waals surface area (Å²) in [5.74, 6) is 0. The molecule has 0 spiro atoms. The van der Waals surface area contributed by atoms with Crippen LogP contribution in [0.4, 0.5) is 0 Å². The average Bonchev–Trinajstić information content (AvgIpc) is 2.61. The number of carbonyl (C=O) groups excluding carboxylic acids is 1. The van der Waals surface area contributed by atoms with Crippen molar-refractivity contribution < 1.29 is 4.79 Å². The Morgan fingerprint density at radius 2 is 2.00 bits per heavy atom. The maximum Gasteiger partial charge on any atom is 0.170 e. The molecule has 0 N–H and O–H groups in total. The van der Waals surface area contributed by atoms with Crippen molar-refractivity contribution in [3.8, 4) is 11.1 Å². The molecule has 0 bridgehead atoms. The maximum absolute atomic E-state index is 10.7. The highest BCUT2D eigenvalue weighted by atomic mass is 16.1. The van der Waals surface area contributed by atoms with E-state index in [2.05, 4.69) is 5.10 Å². The van der Waals surface area contributed by atoms with Crippen LogP contribution < -0.4 is 0 Å². The molecule has 2 rings (SSSR count). The summed E-state index contributed by atoms with van der Waals surface area (Å²) in [5, 5.41) is 4.05. The first-order valence-corrected chi connectivity index (χ1v) is 4.35. The third-order valence-electron chi connectivity index (χ3n) is 2.05. The zero-order chi connectivity index (χ0) is 9.97. The lowest BCUT2D eigenvalue weighted by Gasteiger charge is -1.95. The molecule has 1 aromatic heterocycles. The molecule has 0 aliphatic carbocycles. The largest absolute Gasteiger partial charge is 0.296 e. The number of benzene rings is 1. The summed E-state index contributed by atoms with van der Waals surface area (Å²) < 4.78 is 1.64. The first-order valence-electron chi connectivity index (χ1n) is 4.35.